The fourth-order valence-electron chi connectivity index (χ4n) is 5.41. The molecule has 224 valence electrons. The number of carboxylic acid groups (broad SMARTS) is 2. The van der Waals surface area contributed by atoms with Gasteiger partial charge < -0.3 is 10.2 Å². The van der Waals surface area contributed by atoms with E-state index in [2.05, 4.69) is 13.8 Å². The topological polar surface area (TPSA) is 74.6 Å². The van der Waals surface area contributed by atoms with Crippen molar-refractivity contribution < 1.29 is 19.8 Å². The van der Waals surface area contributed by atoms with Crippen molar-refractivity contribution in [1.82, 2.24) is 0 Å². The molecule has 4 nitrogen and oxygen atoms in total. The summed E-state index contributed by atoms with van der Waals surface area (Å²) in [5, 5.41) is 19.3. The minimum atomic E-state index is -1.05. The second-order valence-electron chi connectivity index (χ2n) is 11.6. The maximum Gasteiger partial charge on any atom is 0.332 e. The van der Waals surface area contributed by atoms with Crippen LogP contribution in [0.4, 0.5) is 0 Å². The normalized spacial score (nSPS) is 12.1. The highest BCUT2D eigenvalue weighted by Crippen LogP contribution is 2.22. The largest absolute Gasteiger partial charge is 0.478 e. The highest BCUT2D eigenvalue weighted by molar-refractivity contribution is 5.98. The van der Waals surface area contributed by atoms with E-state index < -0.39 is 11.9 Å². The molecule has 0 rings (SSSR count). The number of aliphatic carboxylic acids is 2. The highest BCUT2D eigenvalue weighted by Gasteiger charge is 2.19. The van der Waals surface area contributed by atoms with E-state index in [0.717, 1.165) is 38.5 Å². The van der Waals surface area contributed by atoms with Crippen molar-refractivity contribution in [2.24, 2.45) is 0 Å². The lowest BCUT2D eigenvalue weighted by atomic mass is 9.96. The van der Waals surface area contributed by atoms with E-state index in [1.165, 1.54) is 128 Å². The number of unbranched alkanes of at least 4 members (excludes halogenated alkanes) is 24. The molecule has 38 heavy (non-hydrogen) atoms. The van der Waals surface area contributed by atoms with E-state index in [1.54, 1.807) is 0 Å². The van der Waals surface area contributed by atoms with E-state index in [9.17, 15) is 19.8 Å². The van der Waals surface area contributed by atoms with Gasteiger partial charge in [0, 0.05) is 11.1 Å². The molecule has 0 aliphatic carbocycles. The average molecular weight is 537 g/mol. The van der Waals surface area contributed by atoms with Crippen LogP contribution in [-0.4, -0.2) is 22.2 Å². The van der Waals surface area contributed by atoms with Gasteiger partial charge in [-0.05, 0) is 25.7 Å². The molecular formula is C34H64O4. The number of carboxylic acids is 2. The molecule has 0 aromatic rings. The van der Waals surface area contributed by atoms with Crippen LogP contribution in [0.3, 0.4) is 0 Å². The molecule has 0 aromatic heterocycles. The summed E-state index contributed by atoms with van der Waals surface area (Å²) in [5.74, 6) is -2.09. The quantitative estimate of drug-likeness (QED) is 0.0707. The highest BCUT2D eigenvalue weighted by atomic mass is 16.4. The van der Waals surface area contributed by atoms with E-state index in [-0.39, 0.29) is 11.1 Å². The van der Waals surface area contributed by atoms with Crippen LogP contribution in [0.1, 0.15) is 194 Å². The zero-order valence-electron chi connectivity index (χ0n) is 25.5. The molecule has 0 unspecified atom stereocenters. The zero-order chi connectivity index (χ0) is 28.1. The summed E-state index contributed by atoms with van der Waals surface area (Å²) in [6, 6.07) is 0. The number of hydrogen-bond donors (Lipinski definition) is 2. The molecule has 4 heteroatoms. The first kappa shape index (κ1) is 36.7. The Balaban J connectivity index is 3.95. The molecule has 0 saturated carbocycles. The molecular weight excluding hydrogens is 472 g/mol. The molecule has 0 radical (unpaired) electrons. The summed E-state index contributed by atoms with van der Waals surface area (Å²) in [7, 11) is 0. The van der Waals surface area contributed by atoms with Crippen molar-refractivity contribution >= 4 is 11.9 Å². The summed E-state index contributed by atoms with van der Waals surface area (Å²) >= 11 is 0. The van der Waals surface area contributed by atoms with Crippen LogP contribution in [0.2, 0.25) is 0 Å². The molecule has 0 bridgehead atoms. The van der Waals surface area contributed by atoms with Gasteiger partial charge in [-0.15, -0.1) is 0 Å². The molecule has 0 aliphatic rings. The Labute approximate surface area is 236 Å². The Morgan fingerprint density at radius 3 is 0.711 bits per heavy atom. The fraction of sp³-hybridized carbons (Fsp3) is 0.882. The van der Waals surface area contributed by atoms with Crippen LogP contribution in [-0.2, 0) is 9.59 Å². The smallest absolute Gasteiger partial charge is 0.332 e. The lowest BCUT2D eigenvalue weighted by Gasteiger charge is -2.10. The van der Waals surface area contributed by atoms with E-state index >= 15 is 0 Å². The van der Waals surface area contributed by atoms with Gasteiger partial charge in [0.05, 0.1) is 0 Å². The van der Waals surface area contributed by atoms with Crippen molar-refractivity contribution in [2.45, 2.75) is 194 Å². The summed E-state index contributed by atoms with van der Waals surface area (Å²) < 4.78 is 0. The second-order valence-corrected chi connectivity index (χ2v) is 11.6. The first-order valence-electron chi connectivity index (χ1n) is 16.7. The van der Waals surface area contributed by atoms with Crippen LogP contribution in [0.5, 0.6) is 0 Å². The van der Waals surface area contributed by atoms with E-state index in [4.69, 9.17) is 0 Å². The molecule has 0 heterocycles. The summed E-state index contributed by atoms with van der Waals surface area (Å²) in [4.78, 5) is 23.6. The van der Waals surface area contributed by atoms with Crippen LogP contribution in [0, 0.1) is 0 Å². The predicted molar refractivity (Wildman–Crippen MR) is 163 cm³/mol. The van der Waals surface area contributed by atoms with E-state index in [0.29, 0.717) is 12.8 Å². The molecule has 2 N–H and O–H groups in total. The minimum absolute atomic E-state index is 0.138. The SMILES string of the molecule is CCCCCCCCCCCCCCC/C(C(=O)O)=C(/CCCCCCCCCCCCCCC)C(=O)O. The Kier molecular flexibility index (Phi) is 27.7. The Bertz CT molecular complexity index is 531. The standard InChI is InChI=1S/C34H64O4/c1-3-5-7-9-11-13-15-17-19-21-23-25-27-29-31(33(35)36)32(34(37)38)30-28-26-24-22-20-18-16-14-12-10-8-6-4-2/h3-30H2,1-2H3,(H,35,36)(H,37,38)/b32-31+. The second kappa shape index (κ2) is 28.7. The number of hydrogen-bond acceptors (Lipinski definition) is 2. The summed E-state index contributed by atoms with van der Waals surface area (Å²) in [5.41, 5.74) is 0.277. The Morgan fingerprint density at radius 1 is 0.342 bits per heavy atom. The predicted octanol–water partition coefficient (Wildman–Crippen LogP) is 11.4. The minimum Gasteiger partial charge on any atom is -0.478 e. The molecule has 0 amide bonds. The van der Waals surface area contributed by atoms with Crippen LogP contribution in [0.25, 0.3) is 0 Å². The monoisotopic (exact) mass is 536 g/mol. The molecule has 0 aliphatic heterocycles. The number of rotatable bonds is 30. The van der Waals surface area contributed by atoms with Crippen LogP contribution >= 0.6 is 0 Å². The van der Waals surface area contributed by atoms with Crippen molar-refractivity contribution in [2.75, 3.05) is 0 Å². The lowest BCUT2D eigenvalue weighted by molar-refractivity contribution is -0.136. The third-order valence-electron chi connectivity index (χ3n) is 7.94. The van der Waals surface area contributed by atoms with E-state index in [1.807, 2.05) is 0 Å². The van der Waals surface area contributed by atoms with Crippen molar-refractivity contribution in [1.29, 1.82) is 0 Å². The summed E-state index contributed by atoms with van der Waals surface area (Å²) in [6.07, 6.45) is 33.0. The average Bonchev–Trinajstić information content (AvgIpc) is 2.89. The van der Waals surface area contributed by atoms with Gasteiger partial charge >= 0.3 is 11.9 Å². The molecule has 0 saturated heterocycles. The summed E-state index contributed by atoms with van der Waals surface area (Å²) in [6.45, 7) is 4.51. The van der Waals surface area contributed by atoms with Gasteiger partial charge in [-0.1, -0.05) is 168 Å². The van der Waals surface area contributed by atoms with Gasteiger partial charge in [-0.25, -0.2) is 9.59 Å². The van der Waals surface area contributed by atoms with Gasteiger partial charge in [0.2, 0.25) is 0 Å². The third-order valence-corrected chi connectivity index (χ3v) is 7.94. The maximum atomic E-state index is 11.8. The van der Waals surface area contributed by atoms with Gasteiger partial charge in [0.1, 0.15) is 0 Å². The Hall–Kier alpha value is -1.32. The molecule has 0 aromatic carbocycles. The fourth-order valence-corrected chi connectivity index (χ4v) is 5.41. The third kappa shape index (κ3) is 23.8. The first-order valence-corrected chi connectivity index (χ1v) is 16.7. The molecule has 0 atom stereocenters. The lowest BCUT2D eigenvalue weighted by Crippen LogP contribution is -2.12. The van der Waals surface area contributed by atoms with Crippen molar-refractivity contribution in [3.8, 4) is 0 Å². The number of carbonyl (C=O) groups is 2. The zero-order valence-corrected chi connectivity index (χ0v) is 25.5. The molecule has 0 fully saturated rings. The van der Waals surface area contributed by atoms with Gasteiger partial charge in [0.25, 0.3) is 0 Å². The van der Waals surface area contributed by atoms with Crippen LogP contribution < -0.4 is 0 Å². The van der Waals surface area contributed by atoms with Gasteiger partial charge in [0.15, 0.2) is 0 Å². The first-order chi connectivity index (χ1) is 18.5. The maximum absolute atomic E-state index is 11.8. The molecule has 0 spiro atoms. The van der Waals surface area contributed by atoms with Crippen molar-refractivity contribution in [3.63, 3.8) is 0 Å². The van der Waals surface area contributed by atoms with Crippen molar-refractivity contribution in [3.05, 3.63) is 11.1 Å². The van der Waals surface area contributed by atoms with Gasteiger partial charge in [-0.3, -0.25) is 0 Å². The van der Waals surface area contributed by atoms with Crippen LogP contribution in [0.15, 0.2) is 11.1 Å². The van der Waals surface area contributed by atoms with Gasteiger partial charge in [-0.2, -0.15) is 0 Å². The Morgan fingerprint density at radius 2 is 0.526 bits per heavy atom.